The molecule has 1 saturated carbocycles. The normalized spacial score (nSPS) is 19.1. The minimum Gasteiger partial charge on any atom is -0.464 e. The largest absolute Gasteiger partial charge is 0.464 e. The fraction of sp³-hybridized carbons (Fsp3) is 0.714. The molecule has 1 aromatic rings. The molecule has 0 bridgehead atoms. The minimum atomic E-state index is 0.0981. The van der Waals surface area contributed by atoms with Gasteiger partial charge >= 0.3 is 0 Å². The van der Waals surface area contributed by atoms with Crippen LogP contribution in [0.3, 0.4) is 0 Å². The number of furan rings is 1. The minimum absolute atomic E-state index is 0.0981. The maximum Gasteiger partial charge on any atom is 0.120 e. The molecule has 90 valence electrons. The standard InChI is InChI=1S/C14H23NO/c1-2-12-8-10-14(16-12)13(15)9-7-11-5-3-4-6-11/h8,10-11,13H,2-7,9,15H2,1H3. The Kier molecular flexibility index (Phi) is 4.05. The van der Waals surface area contributed by atoms with Crippen LogP contribution in [0, 0.1) is 5.92 Å². The smallest absolute Gasteiger partial charge is 0.120 e. The van der Waals surface area contributed by atoms with Gasteiger partial charge < -0.3 is 10.2 Å². The van der Waals surface area contributed by atoms with E-state index in [1.165, 1.54) is 32.1 Å². The molecule has 2 heteroatoms. The van der Waals surface area contributed by atoms with Crippen molar-refractivity contribution in [2.75, 3.05) is 0 Å². The van der Waals surface area contributed by atoms with Crippen LogP contribution in [0.25, 0.3) is 0 Å². The summed E-state index contributed by atoms with van der Waals surface area (Å²) >= 11 is 0. The quantitative estimate of drug-likeness (QED) is 0.821. The molecule has 1 atom stereocenters. The van der Waals surface area contributed by atoms with E-state index in [1.54, 1.807) is 0 Å². The van der Waals surface area contributed by atoms with Crippen LogP contribution < -0.4 is 5.73 Å². The van der Waals surface area contributed by atoms with Crippen molar-refractivity contribution in [3.05, 3.63) is 23.7 Å². The van der Waals surface area contributed by atoms with Gasteiger partial charge in [0.15, 0.2) is 0 Å². The van der Waals surface area contributed by atoms with Gasteiger partial charge in [-0.05, 0) is 30.9 Å². The molecule has 0 aromatic carbocycles. The first-order valence-electron chi connectivity index (χ1n) is 6.63. The highest BCUT2D eigenvalue weighted by Crippen LogP contribution is 2.31. The van der Waals surface area contributed by atoms with Crippen LogP contribution in [-0.4, -0.2) is 0 Å². The van der Waals surface area contributed by atoms with Crippen molar-refractivity contribution in [1.82, 2.24) is 0 Å². The molecule has 1 aliphatic carbocycles. The molecule has 0 amide bonds. The molecule has 0 aliphatic heterocycles. The summed E-state index contributed by atoms with van der Waals surface area (Å²) in [5.41, 5.74) is 6.15. The molecule has 1 aliphatic rings. The van der Waals surface area contributed by atoms with Crippen LogP contribution >= 0.6 is 0 Å². The van der Waals surface area contributed by atoms with E-state index in [0.29, 0.717) is 0 Å². The van der Waals surface area contributed by atoms with Crippen molar-refractivity contribution in [2.45, 2.75) is 57.9 Å². The average molecular weight is 221 g/mol. The van der Waals surface area contributed by atoms with Crippen molar-refractivity contribution in [1.29, 1.82) is 0 Å². The third-order valence-corrected chi connectivity index (χ3v) is 3.76. The van der Waals surface area contributed by atoms with Crippen LogP contribution in [0.1, 0.15) is 63.0 Å². The van der Waals surface area contributed by atoms with E-state index in [4.69, 9.17) is 10.2 Å². The van der Waals surface area contributed by atoms with Crippen molar-refractivity contribution in [3.8, 4) is 0 Å². The monoisotopic (exact) mass is 221 g/mol. The first-order chi connectivity index (χ1) is 7.79. The van der Waals surface area contributed by atoms with Crippen LogP contribution in [-0.2, 0) is 6.42 Å². The molecule has 1 aromatic heterocycles. The van der Waals surface area contributed by atoms with Gasteiger partial charge in [-0.25, -0.2) is 0 Å². The number of hydrogen-bond donors (Lipinski definition) is 1. The van der Waals surface area contributed by atoms with Crippen LogP contribution in [0.5, 0.6) is 0 Å². The van der Waals surface area contributed by atoms with Crippen molar-refractivity contribution in [3.63, 3.8) is 0 Å². The van der Waals surface area contributed by atoms with Crippen molar-refractivity contribution >= 4 is 0 Å². The fourth-order valence-corrected chi connectivity index (χ4v) is 2.64. The third kappa shape index (κ3) is 2.88. The van der Waals surface area contributed by atoms with E-state index in [-0.39, 0.29) is 6.04 Å². The van der Waals surface area contributed by atoms with Gasteiger partial charge in [0.25, 0.3) is 0 Å². The van der Waals surface area contributed by atoms with Gasteiger partial charge in [-0.2, -0.15) is 0 Å². The zero-order chi connectivity index (χ0) is 11.4. The molecular formula is C14H23NO. The zero-order valence-corrected chi connectivity index (χ0v) is 10.2. The summed E-state index contributed by atoms with van der Waals surface area (Å²) < 4.78 is 5.68. The number of aryl methyl sites for hydroxylation is 1. The second kappa shape index (κ2) is 5.53. The van der Waals surface area contributed by atoms with Crippen molar-refractivity contribution in [2.24, 2.45) is 11.7 Å². The maximum absolute atomic E-state index is 6.15. The molecule has 1 unspecified atom stereocenters. The summed E-state index contributed by atoms with van der Waals surface area (Å²) in [7, 11) is 0. The topological polar surface area (TPSA) is 39.2 Å². The summed E-state index contributed by atoms with van der Waals surface area (Å²) in [5.74, 6) is 2.94. The van der Waals surface area contributed by atoms with E-state index in [1.807, 2.05) is 12.1 Å². The highest BCUT2D eigenvalue weighted by molar-refractivity contribution is 5.10. The third-order valence-electron chi connectivity index (χ3n) is 3.76. The molecule has 2 N–H and O–H groups in total. The summed E-state index contributed by atoms with van der Waals surface area (Å²) in [5, 5.41) is 0. The Labute approximate surface area is 98.2 Å². The first-order valence-corrected chi connectivity index (χ1v) is 6.63. The Morgan fingerprint density at radius 2 is 2.12 bits per heavy atom. The SMILES string of the molecule is CCc1ccc(C(N)CCC2CCCC2)o1. The van der Waals surface area contributed by atoms with Crippen LogP contribution in [0.2, 0.25) is 0 Å². The lowest BCUT2D eigenvalue weighted by Gasteiger charge is -2.12. The van der Waals surface area contributed by atoms with Gasteiger partial charge in [-0.1, -0.05) is 32.6 Å². The second-order valence-corrected chi connectivity index (χ2v) is 4.99. The van der Waals surface area contributed by atoms with Crippen LogP contribution in [0.15, 0.2) is 16.5 Å². The molecule has 0 saturated heterocycles. The van der Waals surface area contributed by atoms with Gasteiger partial charge in [-0.3, -0.25) is 0 Å². The Balaban J connectivity index is 1.80. The molecule has 0 spiro atoms. The predicted molar refractivity (Wildman–Crippen MR) is 66.2 cm³/mol. The van der Waals surface area contributed by atoms with E-state index in [0.717, 1.165) is 30.3 Å². The Morgan fingerprint density at radius 3 is 2.75 bits per heavy atom. The lowest BCUT2D eigenvalue weighted by Crippen LogP contribution is -2.10. The van der Waals surface area contributed by atoms with Crippen LogP contribution in [0.4, 0.5) is 0 Å². The summed E-state index contributed by atoms with van der Waals surface area (Å²) in [6.45, 7) is 2.10. The molecule has 0 radical (unpaired) electrons. The summed E-state index contributed by atoms with van der Waals surface area (Å²) in [6.07, 6.45) is 8.94. The highest BCUT2D eigenvalue weighted by atomic mass is 16.3. The molecule has 2 nitrogen and oxygen atoms in total. The molecule has 1 heterocycles. The van der Waals surface area contributed by atoms with Gasteiger partial charge in [0.05, 0.1) is 6.04 Å². The number of rotatable bonds is 5. The Hall–Kier alpha value is -0.760. The van der Waals surface area contributed by atoms with Gasteiger partial charge in [0, 0.05) is 6.42 Å². The maximum atomic E-state index is 6.15. The Bertz CT molecular complexity index is 312. The zero-order valence-electron chi connectivity index (χ0n) is 10.2. The second-order valence-electron chi connectivity index (χ2n) is 4.99. The lowest BCUT2D eigenvalue weighted by atomic mass is 9.98. The molecular weight excluding hydrogens is 198 g/mol. The van der Waals surface area contributed by atoms with E-state index >= 15 is 0 Å². The van der Waals surface area contributed by atoms with E-state index < -0.39 is 0 Å². The first kappa shape index (κ1) is 11.7. The van der Waals surface area contributed by atoms with Gasteiger partial charge in [-0.15, -0.1) is 0 Å². The van der Waals surface area contributed by atoms with E-state index in [2.05, 4.69) is 6.92 Å². The van der Waals surface area contributed by atoms with Gasteiger partial charge in [0.1, 0.15) is 11.5 Å². The summed E-state index contributed by atoms with van der Waals surface area (Å²) in [4.78, 5) is 0. The molecule has 2 rings (SSSR count). The number of hydrogen-bond acceptors (Lipinski definition) is 2. The lowest BCUT2D eigenvalue weighted by molar-refractivity contribution is 0.392. The van der Waals surface area contributed by atoms with E-state index in [9.17, 15) is 0 Å². The average Bonchev–Trinajstić information content (AvgIpc) is 2.96. The highest BCUT2D eigenvalue weighted by Gasteiger charge is 2.17. The number of nitrogens with two attached hydrogens (primary N) is 1. The summed E-state index contributed by atoms with van der Waals surface area (Å²) in [6, 6.07) is 4.18. The molecule has 1 fully saturated rings. The van der Waals surface area contributed by atoms with Gasteiger partial charge in [0.2, 0.25) is 0 Å². The Morgan fingerprint density at radius 1 is 1.38 bits per heavy atom. The van der Waals surface area contributed by atoms with Crippen molar-refractivity contribution < 1.29 is 4.42 Å². The molecule has 16 heavy (non-hydrogen) atoms. The predicted octanol–water partition coefficient (Wildman–Crippen LogP) is 3.81. The fourth-order valence-electron chi connectivity index (χ4n) is 2.64.